The quantitative estimate of drug-likeness (QED) is 0.600. The molecule has 25 heavy (non-hydrogen) atoms. The van der Waals surface area contributed by atoms with Crippen molar-refractivity contribution in [1.29, 1.82) is 0 Å². The molecule has 0 saturated heterocycles. The van der Waals surface area contributed by atoms with E-state index in [1.54, 1.807) is 0 Å². The molecule has 2 rings (SSSR count). The lowest BCUT2D eigenvalue weighted by Crippen LogP contribution is -2.12. The molecule has 0 heterocycles. The van der Waals surface area contributed by atoms with E-state index >= 15 is 0 Å². The van der Waals surface area contributed by atoms with Crippen LogP contribution in [0.2, 0.25) is 0 Å². The Kier molecular flexibility index (Phi) is 8.13. The molecule has 0 fully saturated rings. The summed E-state index contributed by atoms with van der Waals surface area (Å²) in [7, 11) is 0. The summed E-state index contributed by atoms with van der Waals surface area (Å²) in [5.74, 6) is 2.26. The fraction of sp³-hybridized carbons (Fsp3) is 0.429. The van der Waals surface area contributed by atoms with Crippen molar-refractivity contribution in [2.45, 2.75) is 26.7 Å². The fourth-order valence-corrected chi connectivity index (χ4v) is 2.50. The largest absolute Gasteiger partial charge is 0.491 e. The van der Waals surface area contributed by atoms with Crippen molar-refractivity contribution in [3.05, 3.63) is 54.1 Å². The Labute approximate surface area is 151 Å². The van der Waals surface area contributed by atoms with Crippen molar-refractivity contribution in [2.24, 2.45) is 0 Å². The molecule has 1 N–H and O–H groups in total. The molecule has 0 atom stereocenters. The molecule has 0 bridgehead atoms. The van der Waals surface area contributed by atoms with Crippen LogP contribution in [0.1, 0.15) is 32.3 Å². The van der Waals surface area contributed by atoms with Gasteiger partial charge in [0.25, 0.3) is 0 Å². The topological polar surface area (TPSA) is 39.7 Å². The summed E-state index contributed by atoms with van der Waals surface area (Å²) in [6.07, 6.45) is 0. The zero-order valence-corrected chi connectivity index (χ0v) is 15.5. The Morgan fingerprint density at radius 1 is 0.920 bits per heavy atom. The minimum atomic E-state index is 0.453. The van der Waals surface area contributed by atoms with Gasteiger partial charge in [0.2, 0.25) is 0 Å². The van der Waals surface area contributed by atoms with E-state index in [2.05, 4.69) is 31.3 Å². The molecule has 0 spiro atoms. The number of nitrogens with one attached hydrogen (secondary N) is 1. The maximum Gasteiger partial charge on any atom is 0.122 e. The predicted molar refractivity (Wildman–Crippen MR) is 103 cm³/mol. The predicted octanol–water partition coefficient (Wildman–Crippen LogP) is 4.72. The number of hydrogen-bond acceptors (Lipinski definition) is 4. The minimum absolute atomic E-state index is 0.453. The maximum atomic E-state index is 5.93. The van der Waals surface area contributed by atoms with Crippen LogP contribution in [0.25, 0.3) is 0 Å². The van der Waals surface area contributed by atoms with Crippen LogP contribution < -0.4 is 14.8 Å². The molecule has 0 unspecified atom stereocenters. The molecular weight excluding hydrogens is 314 g/mol. The zero-order chi connectivity index (χ0) is 17.9. The van der Waals surface area contributed by atoms with Gasteiger partial charge in [-0.25, -0.2) is 0 Å². The third-order valence-electron chi connectivity index (χ3n) is 3.76. The maximum absolute atomic E-state index is 5.93. The minimum Gasteiger partial charge on any atom is -0.491 e. The average molecular weight is 343 g/mol. The molecule has 136 valence electrons. The summed E-state index contributed by atoms with van der Waals surface area (Å²) in [6.45, 7) is 9.56. The molecule has 0 aliphatic rings. The van der Waals surface area contributed by atoms with Gasteiger partial charge in [0, 0.05) is 24.9 Å². The van der Waals surface area contributed by atoms with Gasteiger partial charge in [-0.2, -0.15) is 0 Å². The molecule has 0 amide bonds. The van der Waals surface area contributed by atoms with E-state index in [9.17, 15) is 0 Å². The first-order valence-electron chi connectivity index (χ1n) is 8.97. The molecular formula is C21H29NO3. The lowest BCUT2D eigenvalue weighted by atomic mass is 10.0. The first kappa shape index (κ1) is 19.1. The van der Waals surface area contributed by atoms with Crippen molar-refractivity contribution in [3.8, 4) is 11.5 Å². The fourth-order valence-electron chi connectivity index (χ4n) is 2.50. The number of rotatable bonds is 11. The second-order valence-electron chi connectivity index (χ2n) is 6.04. The Balaban J connectivity index is 1.76. The molecule has 0 aromatic heterocycles. The highest BCUT2D eigenvalue weighted by atomic mass is 16.5. The van der Waals surface area contributed by atoms with Gasteiger partial charge in [-0.05, 0) is 36.6 Å². The average Bonchev–Trinajstić information content (AvgIpc) is 2.63. The highest BCUT2D eigenvalue weighted by Crippen LogP contribution is 2.25. The normalized spacial score (nSPS) is 10.7. The summed E-state index contributed by atoms with van der Waals surface area (Å²) in [5.41, 5.74) is 2.27. The number of anilines is 1. The SMILES string of the molecule is CCOCCOc1cccc(NCCOc2ccccc2C(C)C)c1. The van der Waals surface area contributed by atoms with Gasteiger partial charge in [-0.3, -0.25) is 0 Å². The van der Waals surface area contributed by atoms with Gasteiger partial charge in [0.15, 0.2) is 0 Å². The van der Waals surface area contributed by atoms with E-state index in [0.717, 1.165) is 23.7 Å². The Morgan fingerprint density at radius 2 is 1.76 bits per heavy atom. The molecule has 2 aromatic carbocycles. The molecule has 0 aliphatic heterocycles. The van der Waals surface area contributed by atoms with Gasteiger partial charge in [-0.1, -0.05) is 38.1 Å². The van der Waals surface area contributed by atoms with E-state index < -0.39 is 0 Å². The van der Waals surface area contributed by atoms with E-state index in [1.807, 2.05) is 43.3 Å². The Morgan fingerprint density at radius 3 is 2.56 bits per heavy atom. The summed E-state index contributed by atoms with van der Waals surface area (Å²) >= 11 is 0. The van der Waals surface area contributed by atoms with Gasteiger partial charge in [0.05, 0.1) is 6.61 Å². The van der Waals surface area contributed by atoms with Crippen molar-refractivity contribution < 1.29 is 14.2 Å². The first-order chi connectivity index (χ1) is 12.2. The van der Waals surface area contributed by atoms with Gasteiger partial charge < -0.3 is 19.5 Å². The second-order valence-corrected chi connectivity index (χ2v) is 6.04. The molecule has 4 heteroatoms. The number of ether oxygens (including phenoxy) is 3. The van der Waals surface area contributed by atoms with Crippen LogP contribution >= 0.6 is 0 Å². The summed E-state index contributed by atoms with van der Waals surface area (Å²) in [6, 6.07) is 16.2. The lowest BCUT2D eigenvalue weighted by molar-refractivity contribution is 0.110. The Hall–Kier alpha value is -2.20. The smallest absolute Gasteiger partial charge is 0.122 e. The number of benzene rings is 2. The third-order valence-corrected chi connectivity index (χ3v) is 3.76. The van der Waals surface area contributed by atoms with E-state index in [-0.39, 0.29) is 0 Å². The van der Waals surface area contributed by atoms with Crippen LogP contribution in [-0.4, -0.2) is 33.0 Å². The molecule has 2 aromatic rings. The van der Waals surface area contributed by atoms with Gasteiger partial charge in [-0.15, -0.1) is 0 Å². The Bertz CT molecular complexity index is 628. The monoisotopic (exact) mass is 343 g/mol. The van der Waals surface area contributed by atoms with Crippen LogP contribution in [0.3, 0.4) is 0 Å². The van der Waals surface area contributed by atoms with E-state index in [4.69, 9.17) is 14.2 Å². The summed E-state index contributed by atoms with van der Waals surface area (Å²) < 4.78 is 16.9. The highest BCUT2D eigenvalue weighted by Gasteiger charge is 2.06. The zero-order valence-electron chi connectivity index (χ0n) is 15.5. The van der Waals surface area contributed by atoms with Crippen LogP contribution in [0.15, 0.2) is 48.5 Å². The standard InChI is InChI=1S/C21H29NO3/c1-4-23-14-15-24-19-9-7-8-18(16-19)22-12-13-25-21-11-6-5-10-20(21)17(2)3/h5-11,16-17,22H,4,12-15H2,1-3H3. The van der Waals surface area contributed by atoms with E-state index in [0.29, 0.717) is 32.3 Å². The molecule has 0 radical (unpaired) electrons. The second kappa shape index (κ2) is 10.6. The third kappa shape index (κ3) is 6.67. The van der Waals surface area contributed by atoms with Crippen LogP contribution in [-0.2, 0) is 4.74 Å². The van der Waals surface area contributed by atoms with E-state index in [1.165, 1.54) is 5.56 Å². The number of hydrogen-bond donors (Lipinski definition) is 1. The van der Waals surface area contributed by atoms with Crippen LogP contribution in [0.5, 0.6) is 11.5 Å². The van der Waals surface area contributed by atoms with Gasteiger partial charge >= 0.3 is 0 Å². The van der Waals surface area contributed by atoms with Crippen molar-refractivity contribution >= 4 is 5.69 Å². The van der Waals surface area contributed by atoms with Crippen molar-refractivity contribution in [3.63, 3.8) is 0 Å². The highest BCUT2D eigenvalue weighted by molar-refractivity contribution is 5.48. The van der Waals surface area contributed by atoms with Crippen molar-refractivity contribution in [1.82, 2.24) is 0 Å². The van der Waals surface area contributed by atoms with Gasteiger partial charge in [0.1, 0.15) is 24.7 Å². The number of para-hydroxylation sites is 1. The molecule has 0 aliphatic carbocycles. The van der Waals surface area contributed by atoms with Crippen molar-refractivity contribution in [2.75, 3.05) is 38.3 Å². The lowest BCUT2D eigenvalue weighted by Gasteiger charge is -2.14. The summed E-state index contributed by atoms with van der Waals surface area (Å²) in [5, 5.41) is 3.37. The molecule has 4 nitrogen and oxygen atoms in total. The molecule has 0 saturated carbocycles. The van der Waals surface area contributed by atoms with Crippen LogP contribution in [0.4, 0.5) is 5.69 Å². The first-order valence-corrected chi connectivity index (χ1v) is 8.97. The van der Waals surface area contributed by atoms with Crippen LogP contribution in [0, 0.1) is 0 Å². The summed E-state index contributed by atoms with van der Waals surface area (Å²) in [4.78, 5) is 0.